The monoisotopic (exact) mass is 430 g/mol. The van der Waals surface area contributed by atoms with E-state index in [2.05, 4.69) is 9.80 Å². The van der Waals surface area contributed by atoms with Crippen LogP contribution in [0, 0.1) is 0 Å². The summed E-state index contributed by atoms with van der Waals surface area (Å²) in [5, 5.41) is 20.2. The predicted molar refractivity (Wildman–Crippen MR) is 120 cm³/mol. The summed E-state index contributed by atoms with van der Waals surface area (Å²) in [5.41, 5.74) is 1.98. The minimum Gasteiger partial charge on any atom is -0.504 e. The summed E-state index contributed by atoms with van der Waals surface area (Å²) >= 11 is 0. The van der Waals surface area contributed by atoms with Gasteiger partial charge in [-0.2, -0.15) is 0 Å². The summed E-state index contributed by atoms with van der Waals surface area (Å²) in [6, 6.07) is 11.8. The van der Waals surface area contributed by atoms with Gasteiger partial charge in [0, 0.05) is 57.0 Å². The van der Waals surface area contributed by atoms with Gasteiger partial charge >= 0.3 is 0 Å². The molecule has 7 heteroatoms. The van der Waals surface area contributed by atoms with Crippen LogP contribution < -0.4 is 14.2 Å². The van der Waals surface area contributed by atoms with Crippen LogP contribution >= 0.6 is 0 Å². The van der Waals surface area contributed by atoms with E-state index in [0.29, 0.717) is 25.3 Å². The maximum Gasteiger partial charge on any atom is 0.162 e. The molecule has 0 radical (unpaired) electrons. The molecular weight excluding hydrogens is 396 g/mol. The molecular formula is C24H34N2O5. The number of ether oxygens (including phenoxy) is 3. The molecule has 1 aliphatic heterocycles. The highest BCUT2D eigenvalue weighted by molar-refractivity contribution is 5.45. The number of hydrogen-bond donors (Lipinski definition) is 2. The molecule has 2 aromatic rings. The maximum atomic E-state index is 10.5. The zero-order valence-electron chi connectivity index (χ0n) is 18.7. The number of nitrogens with zero attached hydrogens (tertiary/aromatic N) is 2. The second-order valence-corrected chi connectivity index (χ2v) is 7.79. The summed E-state index contributed by atoms with van der Waals surface area (Å²) in [4.78, 5) is 4.73. The predicted octanol–water partition coefficient (Wildman–Crippen LogP) is 2.88. The topological polar surface area (TPSA) is 74.6 Å². The number of phenolic OH excluding ortho intramolecular Hbond substituents is 1. The average Bonchev–Trinajstić information content (AvgIpc) is 2.78. The molecule has 1 heterocycles. The first-order chi connectivity index (χ1) is 15.1. The van der Waals surface area contributed by atoms with E-state index in [0.717, 1.165) is 48.8 Å². The van der Waals surface area contributed by atoms with Gasteiger partial charge < -0.3 is 24.4 Å². The molecule has 0 amide bonds. The highest BCUT2D eigenvalue weighted by Gasteiger charge is 2.27. The maximum absolute atomic E-state index is 10.5. The van der Waals surface area contributed by atoms with Gasteiger partial charge in [0.2, 0.25) is 0 Å². The fraction of sp³-hybridized carbons (Fsp3) is 0.500. The Morgan fingerprint density at radius 1 is 1.03 bits per heavy atom. The molecule has 0 spiro atoms. The number of aliphatic hydroxyl groups excluding tert-OH is 1. The molecule has 2 N–H and O–H groups in total. The van der Waals surface area contributed by atoms with E-state index in [-0.39, 0.29) is 18.4 Å². The van der Waals surface area contributed by atoms with Crippen molar-refractivity contribution in [1.29, 1.82) is 0 Å². The van der Waals surface area contributed by atoms with Crippen LogP contribution in [-0.2, 0) is 13.1 Å². The van der Waals surface area contributed by atoms with Crippen molar-refractivity contribution in [3.8, 4) is 23.0 Å². The molecule has 0 aliphatic carbocycles. The van der Waals surface area contributed by atoms with Crippen LogP contribution in [0.25, 0.3) is 0 Å². The van der Waals surface area contributed by atoms with Crippen molar-refractivity contribution in [3.05, 3.63) is 47.5 Å². The van der Waals surface area contributed by atoms with Gasteiger partial charge in [-0.15, -0.1) is 0 Å². The highest BCUT2D eigenvalue weighted by Crippen LogP contribution is 2.31. The van der Waals surface area contributed by atoms with E-state index in [1.165, 1.54) is 0 Å². The molecule has 170 valence electrons. The number of para-hydroxylation sites is 1. The number of rotatable bonds is 10. The first kappa shape index (κ1) is 23.2. The molecule has 1 saturated heterocycles. The average molecular weight is 431 g/mol. The number of hydrogen-bond acceptors (Lipinski definition) is 7. The molecule has 1 atom stereocenters. The Morgan fingerprint density at radius 3 is 2.42 bits per heavy atom. The molecule has 3 rings (SSSR count). The van der Waals surface area contributed by atoms with Crippen LogP contribution in [0.4, 0.5) is 0 Å². The summed E-state index contributed by atoms with van der Waals surface area (Å²) in [6.45, 7) is 6.54. The fourth-order valence-electron chi connectivity index (χ4n) is 4.13. The minimum absolute atomic E-state index is 0.140. The lowest BCUT2D eigenvalue weighted by Gasteiger charge is -2.41. The summed E-state index contributed by atoms with van der Waals surface area (Å²) < 4.78 is 16.3. The van der Waals surface area contributed by atoms with Gasteiger partial charge in [0.05, 0.1) is 20.8 Å². The SMILES string of the molecule is CCOc1cccc(CN2CCN(Cc3cc(OC)cc(OC)c3)C(CCO)C2)c1O. The van der Waals surface area contributed by atoms with Gasteiger partial charge in [-0.25, -0.2) is 0 Å². The van der Waals surface area contributed by atoms with Crippen LogP contribution in [0.1, 0.15) is 24.5 Å². The molecule has 0 aromatic heterocycles. The molecule has 2 aromatic carbocycles. The van der Waals surface area contributed by atoms with Crippen molar-refractivity contribution >= 4 is 0 Å². The van der Waals surface area contributed by atoms with Crippen molar-refractivity contribution in [2.45, 2.75) is 32.5 Å². The molecule has 1 fully saturated rings. The van der Waals surface area contributed by atoms with Gasteiger partial charge in [-0.05, 0) is 37.1 Å². The number of aromatic hydroxyl groups is 1. The zero-order chi connectivity index (χ0) is 22.2. The van der Waals surface area contributed by atoms with Crippen molar-refractivity contribution < 1.29 is 24.4 Å². The third kappa shape index (κ3) is 6.03. The largest absolute Gasteiger partial charge is 0.504 e. The van der Waals surface area contributed by atoms with Gasteiger partial charge in [-0.3, -0.25) is 9.80 Å². The normalized spacial score (nSPS) is 17.5. The number of benzene rings is 2. The van der Waals surface area contributed by atoms with Crippen LogP contribution in [0.5, 0.6) is 23.0 Å². The van der Waals surface area contributed by atoms with Crippen molar-refractivity contribution in [1.82, 2.24) is 9.80 Å². The Bertz CT molecular complexity index is 822. The smallest absolute Gasteiger partial charge is 0.162 e. The molecule has 0 saturated carbocycles. The summed E-state index contributed by atoms with van der Waals surface area (Å²) in [6.07, 6.45) is 0.697. The van der Waals surface area contributed by atoms with Gasteiger partial charge in [0.15, 0.2) is 11.5 Å². The van der Waals surface area contributed by atoms with E-state index in [1.54, 1.807) is 20.3 Å². The molecule has 1 aliphatic rings. The number of piperazine rings is 1. The van der Waals surface area contributed by atoms with Crippen molar-refractivity contribution in [3.63, 3.8) is 0 Å². The molecule has 1 unspecified atom stereocenters. The summed E-state index contributed by atoms with van der Waals surface area (Å²) in [7, 11) is 3.31. The van der Waals surface area contributed by atoms with E-state index in [4.69, 9.17) is 14.2 Å². The fourth-order valence-corrected chi connectivity index (χ4v) is 4.13. The molecule has 7 nitrogen and oxygen atoms in total. The van der Waals surface area contributed by atoms with Crippen LogP contribution in [-0.4, -0.2) is 73.1 Å². The van der Waals surface area contributed by atoms with Gasteiger partial charge in [-0.1, -0.05) is 12.1 Å². The minimum atomic E-state index is 0.140. The van der Waals surface area contributed by atoms with E-state index in [1.807, 2.05) is 37.3 Å². The Labute approximate surface area is 184 Å². The Hall–Kier alpha value is -2.48. The molecule has 31 heavy (non-hydrogen) atoms. The number of phenols is 1. The van der Waals surface area contributed by atoms with E-state index >= 15 is 0 Å². The first-order valence-corrected chi connectivity index (χ1v) is 10.8. The Balaban J connectivity index is 1.69. The van der Waals surface area contributed by atoms with Crippen LogP contribution in [0.3, 0.4) is 0 Å². The third-order valence-electron chi connectivity index (χ3n) is 5.72. The lowest BCUT2D eigenvalue weighted by molar-refractivity contribution is 0.0495. The summed E-state index contributed by atoms with van der Waals surface area (Å²) in [5.74, 6) is 2.29. The van der Waals surface area contributed by atoms with Gasteiger partial charge in [0.1, 0.15) is 11.5 Å². The quantitative estimate of drug-likeness (QED) is 0.600. The number of aliphatic hydroxyl groups is 1. The third-order valence-corrected chi connectivity index (χ3v) is 5.72. The van der Waals surface area contributed by atoms with Gasteiger partial charge in [0.25, 0.3) is 0 Å². The van der Waals surface area contributed by atoms with E-state index in [9.17, 15) is 10.2 Å². The molecule has 0 bridgehead atoms. The van der Waals surface area contributed by atoms with Crippen LogP contribution in [0.2, 0.25) is 0 Å². The lowest BCUT2D eigenvalue weighted by Crippen LogP contribution is -2.52. The first-order valence-electron chi connectivity index (χ1n) is 10.8. The Morgan fingerprint density at radius 2 is 1.77 bits per heavy atom. The highest BCUT2D eigenvalue weighted by atomic mass is 16.5. The lowest BCUT2D eigenvalue weighted by atomic mass is 10.1. The van der Waals surface area contributed by atoms with Crippen molar-refractivity contribution in [2.75, 3.05) is 47.1 Å². The van der Waals surface area contributed by atoms with Crippen LogP contribution in [0.15, 0.2) is 36.4 Å². The second-order valence-electron chi connectivity index (χ2n) is 7.79. The van der Waals surface area contributed by atoms with Crippen molar-refractivity contribution in [2.24, 2.45) is 0 Å². The second kappa shape index (κ2) is 11.2. The number of methoxy groups -OCH3 is 2. The Kier molecular flexibility index (Phi) is 8.40. The standard InChI is InChI=1S/C24H34N2O5/c1-4-31-23-7-5-6-19(24(23)28)16-25-9-10-26(20(17-25)8-11-27)15-18-12-21(29-2)14-22(13-18)30-3/h5-7,12-14,20,27-28H,4,8-11,15-17H2,1-3H3. The van der Waals surface area contributed by atoms with E-state index < -0.39 is 0 Å². The zero-order valence-corrected chi connectivity index (χ0v) is 18.7.